The summed E-state index contributed by atoms with van der Waals surface area (Å²) in [5, 5.41) is 3.00. The summed E-state index contributed by atoms with van der Waals surface area (Å²) in [4.78, 5) is 41.5. The number of carbonyl (C=O) groups is 3. The fourth-order valence-corrected chi connectivity index (χ4v) is 5.86. The molecule has 2 bridgehead atoms. The summed E-state index contributed by atoms with van der Waals surface area (Å²) in [6, 6.07) is 2.68. The van der Waals surface area contributed by atoms with Gasteiger partial charge in [0.25, 0.3) is 0 Å². The Morgan fingerprint density at radius 3 is 2.87 bits per heavy atom. The molecule has 5 rings (SSSR count). The van der Waals surface area contributed by atoms with Crippen LogP contribution in [0, 0.1) is 23.7 Å². The van der Waals surface area contributed by atoms with Crippen molar-refractivity contribution in [1.82, 2.24) is 10.2 Å². The van der Waals surface area contributed by atoms with Crippen molar-refractivity contribution in [3.63, 3.8) is 0 Å². The molecule has 7 nitrogen and oxygen atoms in total. The lowest BCUT2D eigenvalue weighted by Crippen LogP contribution is -2.55. The van der Waals surface area contributed by atoms with Crippen molar-refractivity contribution < 1.29 is 23.5 Å². The normalized spacial score (nSPS) is 39.0. The summed E-state index contributed by atoms with van der Waals surface area (Å²) >= 11 is 0. The number of ketones is 1. The van der Waals surface area contributed by atoms with Crippen molar-refractivity contribution >= 4 is 17.6 Å². The first-order chi connectivity index (χ1) is 14.3. The molecule has 30 heavy (non-hydrogen) atoms. The average Bonchev–Trinajstić information content (AvgIpc) is 3.46. The highest BCUT2D eigenvalue weighted by Crippen LogP contribution is 2.59. The van der Waals surface area contributed by atoms with Crippen LogP contribution >= 0.6 is 0 Å². The molecule has 7 atom stereocenters. The van der Waals surface area contributed by atoms with E-state index in [1.165, 1.54) is 0 Å². The molecule has 160 valence electrons. The molecule has 5 heterocycles. The molecule has 2 amide bonds. The minimum Gasteiger partial charge on any atom is -0.467 e. The van der Waals surface area contributed by atoms with Crippen LogP contribution in [-0.2, 0) is 19.1 Å². The summed E-state index contributed by atoms with van der Waals surface area (Å²) in [6.45, 7) is 6.66. The first-order valence-corrected chi connectivity index (χ1v) is 10.9. The van der Waals surface area contributed by atoms with E-state index in [2.05, 4.69) is 19.2 Å². The molecule has 0 aromatic carbocycles. The van der Waals surface area contributed by atoms with Crippen LogP contribution < -0.4 is 5.32 Å². The largest absolute Gasteiger partial charge is 0.467 e. The van der Waals surface area contributed by atoms with Crippen molar-refractivity contribution in [2.45, 2.75) is 57.4 Å². The van der Waals surface area contributed by atoms with E-state index in [0.717, 1.165) is 6.42 Å². The number of fused-ring (bicyclic) bond motifs is 2. The van der Waals surface area contributed by atoms with Gasteiger partial charge < -0.3 is 19.4 Å². The number of hydrogen-bond acceptors (Lipinski definition) is 5. The second kappa shape index (κ2) is 6.80. The maximum absolute atomic E-state index is 13.7. The van der Waals surface area contributed by atoms with Gasteiger partial charge in [-0.05, 0) is 24.5 Å². The number of nitrogens with one attached hydrogen (secondary N) is 1. The molecular formula is C23H28N2O5. The molecule has 1 N–H and O–H groups in total. The first-order valence-electron chi connectivity index (χ1n) is 10.9. The summed E-state index contributed by atoms with van der Waals surface area (Å²) in [7, 11) is 0. The van der Waals surface area contributed by atoms with E-state index >= 15 is 0 Å². The number of nitrogens with zero attached hydrogens (tertiary/aromatic N) is 1. The molecule has 0 unspecified atom stereocenters. The van der Waals surface area contributed by atoms with Gasteiger partial charge in [-0.25, -0.2) is 0 Å². The van der Waals surface area contributed by atoms with E-state index in [-0.39, 0.29) is 29.9 Å². The topological polar surface area (TPSA) is 88.8 Å². The monoisotopic (exact) mass is 412 g/mol. The Balaban J connectivity index is 1.49. The van der Waals surface area contributed by atoms with Crippen molar-refractivity contribution in [2.75, 3.05) is 6.54 Å². The third kappa shape index (κ3) is 2.57. The molecule has 1 aromatic rings. The summed E-state index contributed by atoms with van der Waals surface area (Å²) in [6.07, 6.45) is 6.05. The van der Waals surface area contributed by atoms with E-state index in [9.17, 15) is 14.4 Å². The third-order valence-electron chi connectivity index (χ3n) is 7.28. The second-order valence-electron chi connectivity index (χ2n) is 9.45. The number of hydrogen-bond donors (Lipinski definition) is 1. The summed E-state index contributed by atoms with van der Waals surface area (Å²) in [5.41, 5.74) is -0.928. The Labute approximate surface area is 175 Å². The minimum absolute atomic E-state index is 0.0887. The zero-order valence-electron chi connectivity index (χ0n) is 17.5. The van der Waals surface area contributed by atoms with E-state index < -0.39 is 35.6 Å². The summed E-state index contributed by atoms with van der Waals surface area (Å²) < 4.78 is 11.9. The number of carbonyl (C=O) groups excluding carboxylic acids is 3. The van der Waals surface area contributed by atoms with Crippen molar-refractivity contribution in [3.05, 3.63) is 36.3 Å². The van der Waals surface area contributed by atoms with E-state index in [4.69, 9.17) is 9.15 Å². The lowest BCUT2D eigenvalue weighted by atomic mass is 9.70. The molecule has 1 aromatic heterocycles. The van der Waals surface area contributed by atoms with Crippen LogP contribution in [0.2, 0.25) is 0 Å². The zero-order chi connectivity index (χ0) is 21.2. The highest BCUT2D eigenvalue weighted by Gasteiger charge is 2.74. The number of ether oxygens (including phenoxy) is 1. The Morgan fingerprint density at radius 2 is 2.17 bits per heavy atom. The predicted octanol–water partition coefficient (Wildman–Crippen LogP) is 2.24. The third-order valence-corrected chi connectivity index (χ3v) is 7.28. The number of furan rings is 1. The number of amides is 2. The molecule has 7 heteroatoms. The Morgan fingerprint density at radius 1 is 1.37 bits per heavy atom. The lowest BCUT2D eigenvalue weighted by Gasteiger charge is -2.43. The Kier molecular flexibility index (Phi) is 4.43. The minimum atomic E-state index is -0.928. The van der Waals surface area contributed by atoms with Gasteiger partial charge in [0.15, 0.2) is 0 Å². The molecule has 0 saturated carbocycles. The lowest BCUT2D eigenvalue weighted by molar-refractivity contribution is -0.148. The summed E-state index contributed by atoms with van der Waals surface area (Å²) in [5.74, 6) is -0.628. The molecule has 3 fully saturated rings. The van der Waals surface area contributed by atoms with Gasteiger partial charge in [-0.1, -0.05) is 32.9 Å². The van der Waals surface area contributed by atoms with Crippen molar-refractivity contribution in [1.29, 1.82) is 0 Å². The SMILES string of the molecule is CC(C)CCNC(=O)[C@H]1[C@H]2C=C[C@]3(O2)[C@@H]2[C@H](C)C(=O)C[C@H](c4ccco4)N2C(=O)[C@@H]13. The average molecular weight is 412 g/mol. The highest BCUT2D eigenvalue weighted by molar-refractivity contribution is 5.96. The quantitative estimate of drug-likeness (QED) is 0.750. The molecule has 4 aliphatic rings. The second-order valence-corrected chi connectivity index (χ2v) is 9.45. The van der Waals surface area contributed by atoms with E-state index in [1.54, 1.807) is 23.3 Å². The smallest absolute Gasteiger partial charge is 0.230 e. The molecule has 1 spiro atoms. The number of rotatable bonds is 5. The fourth-order valence-electron chi connectivity index (χ4n) is 5.86. The van der Waals surface area contributed by atoms with E-state index in [1.807, 2.05) is 19.1 Å². The van der Waals surface area contributed by atoms with Crippen LogP contribution in [0.15, 0.2) is 35.0 Å². The van der Waals surface area contributed by atoms with Gasteiger partial charge in [-0.2, -0.15) is 0 Å². The van der Waals surface area contributed by atoms with Gasteiger partial charge in [0.2, 0.25) is 11.8 Å². The first kappa shape index (κ1) is 19.5. The fraction of sp³-hybridized carbons (Fsp3) is 0.609. The van der Waals surface area contributed by atoms with Crippen LogP contribution in [0.5, 0.6) is 0 Å². The Bertz CT molecular complexity index is 907. The maximum Gasteiger partial charge on any atom is 0.230 e. The number of piperidine rings is 1. The van der Waals surface area contributed by atoms with Crippen LogP contribution in [0.25, 0.3) is 0 Å². The van der Waals surface area contributed by atoms with Crippen LogP contribution in [0.1, 0.15) is 45.4 Å². The highest BCUT2D eigenvalue weighted by atomic mass is 16.5. The van der Waals surface area contributed by atoms with Gasteiger partial charge in [-0.3, -0.25) is 14.4 Å². The molecule has 3 saturated heterocycles. The molecule has 0 radical (unpaired) electrons. The van der Waals surface area contributed by atoms with Crippen LogP contribution in [0.3, 0.4) is 0 Å². The molecular weight excluding hydrogens is 384 g/mol. The van der Waals surface area contributed by atoms with Crippen LogP contribution in [-0.4, -0.2) is 46.8 Å². The van der Waals surface area contributed by atoms with Crippen molar-refractivity contribution in [3.8, 4) is 0 Å². The zero-order valence-corrected chi connectivity index (χ0v) is 17.5. The Hall–Kier alpha value is -2.41. The molecule has 0 aliphatic carbocycles. The van der Waals surface area contributed by atoms with Gasteiger partial charge in [0, 0.05) is 18.9 Å². The van der Waals surface area contributed by atoms with Gasteiger partial charge >= 0.3 is 0 Å². The maximum atomic E-state index is 13.7. The van der Waals surface area contributed by atoms with E-state index in [0.29, 0.717) is 18.2 Å². The van der Waals surface area contributed by atoms with Crippen LogP contribution in [0.4, 0.5) is 0 Å². The standard InChI is InChI=1S/C23H28N2O5/c1-12(2)7-9-24-21(27)18-17-6-8-23(30-17)19(18)22(28)25-14(16-5-4-10-29-16)11-15(26)13(3)20(23)25/h4-6,8,10,12-14,17-20H,7,9,11H2,1-3H3,(H,24,27)/t13-,14-,17-,18+,19-,20+,23-/m1/s1. The number of Topliss-reactive ketones (excluding diaryl/α,β-unsaturated/α-hetero) is 1. The van der Waals surface area contributed by atoms with Gasteiger partial charge in [0.1, 0.15) is 17.1 Å². The van der Waals surface area contributed by atoms with Crippen molar-refractivity contribution in [2.24, 2.45) is 23.7 Å². The molecule has 4 aliphatic heterocycles. The van der Waals surface area contributed by atoms with Gasteiger partial charge in [-0.15, -0.1) is 0 Å². The van der Waals surface area contributed by atoms with Gasteiger partial charge in [0.05, 0.1) is 36.3 Å². The predicted molar refractivity (Wildman–Crippen MR) is 107 cm³/mol.